The molecule has 144 valence electrons. The second-order valence-corrected chi connectivity index (χ2v) is 7.36. The van der Waals surface area contributed by atoms with E-state index < -0.39 is 6.04 Å². The Morgan fingerprint density at radius 3 is 2.89 bits per heavy atom. The Labute approximate surface area is 157 Å². The number of carbonyl (C=O) groups is 3. The molecule has 0 bridgehead atoms. The van der Waals surface area contributed by atoms with E-state index in [1.165, 1.54) is 0 Å². The van der Waals surface area contributed by atoms with Crippen LogP contribution in [0.2, 0.25) is 0 Å². The lowest BCUT2D eigenvalue weighted by molar-refractivity contribution is -0.136. The lowest BCUT2D eigenvalue weighted by atomic mass is 10.0. The highest BCUT2D eigenvalue weighted by Crippen LogP contribution is 2.28. The van der Waals surface area contributed by atoms with Gasteiger partial charge in [0.2, 0.25) is 11.8 Å². The summed E-state index contributed by atoms with van der Waals surface area (Å²) in [6, 6.07) is 5.36. The molecular formula is C19H24N4O4. The van der Waals surface area contributed by atoms with Crippen molar-refractivity contribution in [2.45, 2.75) is 38.1 Å². The zero-order valence-electron chi connectivity index (χ0n) is 15.1. The first-order valence-electron chi connectivity index (χ1n) is 9.35. The summed E-state index contributed by atoms with van der Waals surface area (Å²) in [5.74, 6) is -0.791. The second kappa shape index (κ2) is 7.38. The Morgan fingerprint density at radius 2 is 2.11 bits per heavy atom. The van der Waals surface area contributed by atoms with E-state index in [2.05, 4.69) is 10.2 Å². The van der Waals surface area contributed by atoms with Crippen LogP contribution in [0.4, 0.5) is 0 Å². The van der Waals surface area contributed by atoms with Crippen molar-refractivity contribution >= 4 is 17.7 Å². The zero-order valence-corrected chi connectivity index (χ0v) is 15.1. The largest absolute Gasteiger partial charge is 0.374 e. The Morgan fingerprint density at radius 1 is 1.26 bits per heavy atom. The van der Waals surface area contributed by atoms with Gasteiger partial charge in [-0.25, -0.2) is 0 Å². The lowest BCUT2D eigenvalue weighted by Gasteiger charge is -2.32. The number of fused-ring (bicyclic) bond motifs is 1. The fourth-order valence-corrected chi connectivity index (χ4v) is 4.03. The number of rotatable bonds is 4. The molecular weight excluding hydrogens is 348 g/mol. The van der Waals surface area contributed by atoms with E-state index >= 15 is 0 Å². The second-order valence-electron chi connectivity index (χ2n) is 7.36. The standard InChI is InChI=1S/C19H24N4O4/c20-8-14-11-22(5-6-27-14)9-12-1-2-13-10-23(19(26)15(13)7-12)16-3-4-17(24)21-18(16)25/h1-2,7,14,16H,3-6,8-11,20H2,(H,21,24,25)/t14-,16?/m0/s1. The zero-order chi connectivity index (χ0) is 19.0. The number of hydrogen-bond acceptors (Lipinski definition) is 6. The summed E-state index contributed by atoms with van der Waals surface area (Å²) >= 11 is 0. The highest BCUT2D eigenvalue weighted by atomic mass is 16.5. The summed E-state index contributed by atoms with van der Waals surface area (Å²) < 4.78 is 5.60. The van der Waals surface area contributed by atoms with Crippen LogP contribution in [0.1, 0.15) is 34.3 Å². The molecule has 4 rings (SSSR count). The van der Waals surface area contributed by atoms with E-state index in [1.807, 2.05) is 18.2 Å². The summed E-state index contributed by atoms with van der Waals surface area (Å²) in [6.07, 6.45) is 0.699. The van der Waals surface area contributed by atoms with Crippen LogP contribution in [0.3, 0.4) is 0 Å². The summed E-state index contributed by atoms with van der Waals surface area (Å²) in [5.41, 5.74) is 8.34. The van der Waals surface area contributed by atoms with Gasteiger partial charge in [0.25, 0.3) is 5.91 Å². The third-order valence-corrected chi connectivity index (χ3v) is 5.48. The molecule has 0 aliphatic carbocycles. The van der Waals surface area contributed by atoms with Crippen molar-refractivity contribution in [2.75, 3.05) is 26.2 Å². The van der Waals surface area contributed by atoms with Crippen LogP contribution in [0.25, 0.3) is 0 Å². The number of ether oxygens (including phenoxy) is 1. The quantitative estimate of drug-likeness (QED) is 0.698. The molecule has 1 aromatic carbocycles. The summed E-state index contributed by atoms with van der Waals surface area (Å²) in [6.45, 7) is 3.93. The number of piperidine rings is 1. The molecule has 3 aliphatic heterocycles. The molecule has 8 nitrogen and oxygen atoms in total. The molecule has 0 spiro atoms. The number of hydrogen-bond donors (Lipinski definition) is 2. The van der Waals surface area contributed by atoms with Gasteiger partial charge in [0.05, 0.1) is 12.7 Å². The van der Waals surface area contributed by atoms with Gasteiger partial charge in [-0.15, -0.1) is 0 Å². The first-order chi connectivity index (χ1) is 13.0. The third kappa shape index (κ3) is 3.60. The highest BCUT2D eigenvalue weighted by Gasteiger charge is 2.39. The first kappa shape index (κ1) is 18.1. The van der Waals surface area contributed by atoms with Gasteiger partial charge in [0.15, 0.2) is 0 Å². The SMILES string of the molecule is NC[C@H]1CN(Cc2ccc3c(c2)C(=O)N(C2CCC(=O)NC2=O)C3)CCO1. The number of nitrogens with two attached hydrogens (primary N) is 1. The van der Waals surface area contributed by atoms with Crippen LogP contribution < -0.4 is 11.1 Å². The van der Waals surface area contributed by atoms with E-state index in [9.17, 15) is 14.4 Å². The molecule has 3 heterocycles. The Hall–Kier alpha value is -2.29. The minimum atomic E-state index is -0.574. The van der Waals surface area contributed by atoms with Crippen LogP contribution in [-0.2, 0) is 27.4 Å². The van der Waals surface area contributed by atoms with E-state index in [1.54, 1.807) is 4.90 Å². The average molecular weight is 372 g/mol. The van der Waals surface area contributed by atoms with Crippen LogP contribution in [0, 0.1) is 0 Å². The number of carbonyl (C=O) groups excluding carboxylic acids is 3. The van der Waals surface area contributed by atoms with Gasteiger partial charge < -0.3 is 15.4 Å². The fraction of sp³-hybridized carbons (Fsp3) is 0.526. The Bertz CT molecular complexity index is 781. The van der Waals surface area contributed by atoms with E-state index in [4.69, 9.17) is 10.5 Å². The fourth-order valence-electron chi connectivity index (χ4n) is 4.03. The molecule has 27 heavy (non-hydrogen) atoms. The minimum absolute atomic E-state index is 0.0535. The predicted octanol–water partition coefficient (Wildman–Crippen LogP) is -0.393. The monoisotopic (exact) mass is 372 g/mol. The van der Waals surface area contributed by atoms with Crippen LogP contribution >= 0.6 is 0 Å². The average Bonchev–Trinajstić information content (AvgIpc) is 2.98. The van der Waals surface area contributed by atoms with Crippen molar-refractivity contribution in [3.8, 4) is 0 Å². The predicted molar refractivity (Wildman–Crippen MR) is 96.6 cm³/mol. The summed E-state index contributed by atoms with van der Waals surface area (Å²) in [4.78, 5) is 40.2. The van der Waals surface area contributed by atoms with Crippen LogP contribution in [0.5, 0.6) is 0 Å². The smallest absolute Gasteiger partial charge is 0.255 e. The molecule has 2 fully saturated rings. The van der Waals surface area contributed by atoms with Gasteiger partial charge >= 0.3 is 0 Å². The molecule has 0 saturated carbocycles. The first-order valence-corrected chi connectivity index (χ1v) is 9.35. The number of nitrogens with zero attached hydrogens (tertiary/aromatic N) is 2. The van der Waals surface area contributed by atoms with Gasteiger partial charge in [-0.2, -0.15) is 0 Å². The molecule has 0 radical (unpaired) electrons. The van der Waals surface area contributed by atoms with Gasteiger partial charge in [0.1, 0.15) is 6.04 Å². The van der Waals surface area contributed by atoms with Gasteiger partial charge in [-0.05, 0) is 23.6 Å². The molecule has 2 saturated heterocycles. The van der Waals surface area contributed by atoms with Crippen molar-refractivity contribution in [2.24, 2.45) is 5.73 Å². The Balaban J connectivity index is 1.46. The van der Waals surface area contributed by atoms with Gasteiger partial charge in [0, 0.05) is 44.7 Å². The lowest BCUT2D eigenvalue weighted by Crippen LogP contribution is -2.52. The van der Waals surface area contributed by atoms with Gasteiger partial charge in [-0.3, -0.25) is 24.6 Å². The third-order valence-electron chi connectivity index (χ3n) is 5.48. The maximum atomic E-state index is 12.9. The molecule has 2 atom stereocenters. The van der Waals surface area contributed by atoms with E-state index in [0.717, 1.165) is 30.8 Å². The van der Waals surface area contributed by atoms with Crippen LogP contribution in [-0.4, -0.2) is 65.9 Å². The van der Waals surface area contributed by atoms with Gasteiger partial charge in [-0.1, -0.05) is 12.1 Å². The van der Waals surface area contributed by atoms with E-state index in [0.29, 0.717) is 31.7 Å². The minimum Gasteiger partial charge on any atom is -0.374 e. The summed E-state index contributed by atoms with van der Waals surface area (Å²) in [7, 11) is 0. The maximum absolute atomic E-state index is 12.9. The molecule has 3 N–H and O–H groups in total. The highest BCUT2D eigenvalue weighted by molar-refractivity contribution is 6.05. The number of imide groups is 1. The molecule has 3 amide bonds. The number of morpholine rings is 1. The molecule has 1 aromatic rings. The van der Waals surface area contributed by atoms with Crippen molar-refractivity contribution in [3.63, 3.8) is 0 Å². The van der Waals surface area contributed by atoms with Crippen molar-refractivity contribution < 1.29 is 19.1 Å². The van der Waals surface area contributed by atoms with Crippen molar-refractivity contribution in [1.29, 1.82) is 0 Å². The topological polar surface area (TPSA) is 105 Å². The number of benzene rings is 1. The van der Waals surface area contributed by atoms with E-state index in [-0.39, 0.29) is 30.2 Å². The Kier molecular flexibility index (Phi) is 4.94. The van der Waals surface area contributed by atoms with Crippen LogP contribution in [0.15, 0.2) is 18.2 Å². The molecule has 1 unspecified atom stereocenters. The molecule has 8 heteroatoms. The molecule has 3 aliphatic rings. The normalized spacial score (nSPS) is 26.3. The number of amides is 3. The maximum Gasteiger partial charge on any atom is 0.255 e. The number of nitrogens with one attached hydrogen (secondary N) is 1. The van der Waals surface area contributed by atoms with Crippen molar-refractivity contribution in [1.82, 2.24) is 15.1 Å². The summed E-state index contributed by atoms with van der Waals surface area (Å²) in [5, 5.41) is 2.33. The van der Waals surface area contributed by atoms with Crippen molar-refractivity contribution in [3.05, 3.63) is 34.9 Å². The molecule has 0 aromatic heterocycles.